The Labute approximate surface area is 157 Å². The molecule has 6 heteroatoms. The number of aryl methyl sites for hydroxylation is 2. The molecular weight excluding hydrogens is 357 g/mol. The van der Waals surface area contributed by atoms with E-state index in [1.807, 2.05) is 13.1 Å². The number of fused-ring (bicyclic) bond motifs is 1. The molecule has 2 heterocycles. The molecule has 0 unspecified atom stereocenters. The molecule has 0 radical (unpaired) electrons. The fraction of sp³-hybridized carbons (Fsp3) is 0.650. The third-order valence-corrected chi connectivity index (χ3v) is 6.58. The van der Waals surface area contributed by atoms with Crippen molar-refractivity contribution in [1.29, 1.82) is 0 Å². The average molecular weight is 385 g/mol. The van der Waals surface area contributed by atoms with Crippen LogP contribution in [0, 0.1) is 5.92 Å². The molecule has 2 atom stereocenters. The van der Waals surface area contributed by atoms with Gasteiger partial charge in [-0.15, -0.1) is 11.3 Å². The van der Waals surface area contributed by atoms with E-state index in [9.17, 15) is 13.2 Å². The average Bonchev–Trinajstić information content (AvgIpc) is 2.96. The largest absolute Gasteiger partial charge is 0.393 e. The van der Waals surface area contributed by atoms with Crippen LogP contribution in [0.1, 0.15) is 61.6 Å². The molecule has 144 valence electrons. The van der Waals surface area contributed by atoms with Gasteiger partial charge >= 0.3 is 6.18 Å². The quantitative estimate of drug-likeness (QED) is 0.683. The summed E-state index contributed by atoms with van der Waals surface area (Å²) >= 11 is 1.27. The second-order valence-electron chi connectivity index (χ2n) is 7.52. The fourth-order valence-electron chi connectivity index (χ4n) is 4.07. The van der Waals surface area contributed by atoms with Crippen molar-refractivity contribution in [2.75, 3.05) is 0 Å². The van der Waals surface area contributed by atoms with E-state index in [2.05, 4.69) is 4.98 Å². The molecule has 3 rings (SSSR count). The first-order chi connectivity index (χ1) is 12.4. The van der Waals surface area contributed by atoms with Gasteiger partial charge in [0, 0.05) is 32.9 Å². The molecule has 1 fully saturated rings. The van der Waals surface area contributed by atoms with Gasteiger partial charge in [0.2, 0.25) is 0 Å². The highest BCUT2D eigenvalue weighted by molar-refractivity contribution is 7.19. The lowest BCUT2D eigenvalue weighted by molar-refractivity contribution is -0.126. The number of nitrogens with two attached hydrogens (primary N) is 1. The van der Waals surface area contributed by atoms with E-state index >= 15 is 0 Å². The number of alkyl halides is 3. The first-order valence-corrected chi connectivity index (χ1v) is 10.4. The van der Waals surface area contributed by atoms with E-state index in [-0.39, 0.29) is 0 Å². The number of rotatable bonds is 6. The smallest absolute Gasteiger partial charge is 0.328 e. The number of aromatic nitrogens is 1. The SMILES string of the molecule is CCc1cnc(CCC[C@@H]2CCC[C@H](N)C2)c2cc(CC(F)(F)F)sc12. The number of pyridine rings is 1. The van der Waals surface area contributed by atoms with Crippen molar-refractivity contribution in [2.24, 2.45) is 11.7 Å². The predicted molar refractivity (Wildman–Crippen MR) is 102 cm³/mol. The maximum absolute atomic E-state index is 12.8. The fourth-order valence-corrected chi connectivity index (χ4v) is 5.36. The minimum atomic E-state index is -4.17. The van der Waals surface area contributed by atoms with E-state index in [0.717, 1.165) is 59.9 Å². The topological polar surface area (TPSA) is 38.9 Å². The van der Waals surface area contributed by atoms with Crippen molar-refractivity contribution in [3.8, 4) is 0 Å². The van der Waals surface area contributed by atoms with Gasteiger partial charge < -0.3 is 5.73 Å². The zero-order valence-electron chi connectivity index (χ0n) is 15.2. The van der Waals surface area contributed by atoms with E-state index in [1.165, 1.54) is 24.2 Å². The van der Waals surface area contributed by atoms with Crippen LogP contribution in [0.2, 0.25) is 0 Å². The standard InChI is InChI=1S/C20H27F3N2S/c1-2-14-12-25-18(8-4-6-13-5-3-7-15(24)9-13)17-10-16(26-19(14)17)11-20(21,22)23/h10,12-13,15H,2-9,11,24H2,1H3/t13-,15-/m0/s1. The molecule has 2 N–H and O–H groups in total. The maximum Gasteiger partial charge on any atom is 0.393 e. The van der Waals surface area contributed by atoms with Crippen molar-refractivity contribution >= 4 is 21.4 Å². The molecule has 1 aliphatic rings. The van der Waals surface area contributed by atoms with Crippen LogP contribution in [0.5, 0.6) is 0 Å². The molecule has 0 aromatic carbocycles. The number of nitrogens with zero attached hydrogens (tertiary/aromatic N) is 1. The zero-order chi connectivity index (χ0) is 18.7. The van der Waals surface area contributed by atoms with E-state index < -0.39 is 12.6 Å². The summed E-state index contributed by atoms with van der Waals surface area (Å²) in [6.07, 6.45) is 5.30. The van der Waals surface area contributed by atoms with Crippen molar-refractivity contribution in [3.63, 3.8) is 0 Å². The Kier molecular flexibility index (Phi) is 6.23. The molecule has 0 amide bonds. The molecular formula is C20H27F3N2S. The molecule has 0 bridgehead atoms. The third-order valence-electron chi connectivity index (χ3n) is 5.37. The number of thiophene rings is 1. The van der Waals surface area contributed by atoms with Gasteiger partial charge in [-0.2, -0.15) is 13.2 Å². The second kappa shape index (κ2) is 8.26. The van der Waals surface area contributed by atoms with Crippen LogP contribution in [-0.4, -0.2) is 17.2 Å². The first-order valence-electron chi connectivity index (χ1n) is 9.57. The van der Waals surface area contributed by atoms with Gasteiger partial charge in [-0.1, -0.05) is 26.2 Å². The normalized spacial score (nSPS) is 21.4. The minimum Gasteiger partial charge on any atom is -0.328 e. The molecule has 2 aromatic rings. The highest BCUT2D eigenvalue weighted by Gasteiger charge is 2.29. The Morgan fingerprint density at radius 3 is 2.81 bits per heavy atom. The summed E-state index contributed by atoms with van der Waals surface area (Å²) in [5.41, 5.74) is 8.05. The Morgan fingerprint density at radius 2 is 2.12 bits per heavy atom. The minimum absolute atomic E-state index is 0.337. The predicted octanol–water partition coefficient (Wildman–Crippen LogP) is 5.80. The molecule has 1 saturated carbocycles. The van der Waals surface area contributed by atoms with Crippen LogP contribution in [0.3, 0.4) is 0 Å². The molecule has 2 aromatic heterocycles. The maximum atomic E-state index is 12.8. The van der Waals surface area contributed by atoms with Crippen molar-refractivity contribution in [2.45, 2.75) is 76.9 Å². The number of hydrogen-bond donors (Lipinski definition) is 1. The third kappa shape index (κ3) is 4.97. The lowest BCUT2D eigenvalue weighted by atomic mass is 9.83. The van der Waals surface area contributed by atoms with E-state index in [0.29, 0.717) is 16.8 Å². The van der Waals surface area contributed by atoms with Crippen LogP contribution in [0.15, 0.2) is 12.3 Å². The van der Waals surface area contributed by atoms with E-state index in [4.69, 9.17) is 5.73 Å². The lowest BCUT2D eigenvalue weighted by Gasteiger charge is -2.26. The number of halogens is 3. The van der Waals surface area contributed by atoms with Crippen LogP contribution in [-0.2, 0) is 19.3 Å². The molecule has 0 saturated heterocycles. The number of hydrogen-bond acceptors (Lipinski definition) is 3. The van der Waals surface area contributed by atoms with Crippen LogP contribution < -0.4 is 5.73 Å². The summed E-state index contributed by atoms with van der Waals surface area (Å²) < 4.78 is 39.3. The Hall–Kier alpha value is -1.14. The highest BCUT2D eigenvalue weighted by atomic mass is 32.1. The summed E-state index contributed by atoms with van der Waals surface area (Å²) in [6, 6.07) is 2.05. The van der Waals surface area contributed by atoms with Crippen LogP contribution >= 0.6 is 11.3 Å². The first kappa shape index (κ1) is 19.6. The highest BCUT2D eigenvalue weighted by Crippen LogP contribution is 2.35. The summed E-state index contributed by atoms with van der Waals surface area (Å²) in [7, 11) is 0. The van der Waals surface area contributed by atoms with Gasteiger partial charge in [0.05, 0.1) is 6.42 Å². The van der Waals surface area contributed by atoms with Gasteiger partial charge in [0.15, 0.2) is 0 Å². The molecule has 1 aliphatic carbocycles. The monoisotopic (exact) mass is 384 g/mol. The molecule has 26 heavy (non-hydrogen) atoms. The summed E-state index contributed by atoms with van der Waals surface area (Å²) in [5.74, 6) is 0.687. The van der Waals surface area contributed by atoms with Gasteiger partial charge in [0.1, 0.15) is 0 Å². The Morgan fingerprint density at radius 1 is 1.31 bits per heavy atom. The molecule has 2 nitrogen and oxygen atoms in total. The molecule has 0 spiro atoms. The lowest BCUT2D eigenvalue weighted by Crippen LogP contribution is -2.27. The Balaban J connectivity index is 1.73. The van der Waals surface area contributed by atoms with Crippen LogP contribution in [0.4, 0.5) is 13.2 Å². The van der Waals surface area contributed by atoms with Crippen molar-refractivity contribution in [3.05, 3.63) is 28.4 Å². The summed E-state index contributed by atoms with van der Waals surface area (Å²) in [6.45, 7) is 2.02. The van der Waals surface area contributed by atoms with Crippen molar-refractivity contribution in [1.82, 2.24) is 4.98 Å². The molecule has 0 aliphatic heterocycles. The van der Waals surface area contributed by atoms with Crippen molar-refractivity contribution < 1.29 is 13.2 Å². The summed E-state index contributed by atoms with van der Waals surface area (Å²) in [4.78, 5) is 4.97. The summed E-state index contributed by atoms with van der Waals surface area (Å²) in [5, 5.41) is 0.925. The second-order valence-corrected chi connectivity index (χ2v) is 8.65. The van der Waals surface area contributed by atoms with Gasteiger partial charge in [0.25, 0.3) is 0 Å². The van der Waals surface area contributed by atoms with E-state index in [1.54, 1.807) is 6.07 Å². The zero-order valence-corrected chi connectivity index (χ0v) is 16.1. The van der Waals surface area contributed by atoms with Crippen LogP contribution in [0.25, 0.3) is 10.1 Å². The van der Waals surface area contributed by atoms with Gasteiger partial charge in [-0.3, -0.25) is 4.98 Å². The van der Waals surface area contributed by atoms with Gasteiger partial charge in [-0.25, -0.2) is 0 Å². The van der Waals surface area contributed by atoms with Gasteiger partial charge in [-0.05, 0) is 49.7 Å². The Bertz CT molecular complexity index is 738.